The van der Waals surface area contributed by atoms with E-state index in [1.165, 1.54) is 11.1 Å². The first kappa shape index (κ1) is 21.7. The van der Waals surface area contributed by atoms with Crippen LogP contribution >= 0.6 is 24.0 Å². The fourth-order valence-electron chi connectivity index (χ4n) is 3.88. The Bertz CT molecular complexity index is 673. The second-order valence-corrected chi connectivity index (χ2v) is 7.32. The highest BCUT2D eigenvalue weighted by molar-refractivity contribution is 6.27. The van der Waals surface area contributed by atoms with Crippen molar-refractivity contribution in [1.82, 2.24) is 10.2 Å². The van der Waals surface area contributed by atoms with Crippen molar-refractivity contribution >= 4 is 29.9 Å². The number of alkyl halides is 1. The third-order valence-corrected chi connectivity index (χ3v) is 5.56. The van der Waals surface area contributed by atoms with E-state index in [1.807, 2.05) is 6.07 Å². The van der Waals surface area contributed by atoms with Gasteiger partial charge in [-0.15, -0.1) is 24.0 Å². The minimum Gasteiger partial charge on any atom is -0.354 e. The Hall–Kier alpha value is -1.55. The quantitative estimate of drug-likeness (QED) is 0.688. The van der Waals surface area contributed by atoms with E-state index in [2.05, 4.69) is 64.8 Å². The molecule has 27 heavy (non-hydrogen) atoms. The predicted octanol–water partition coefficient (Wildman–Crippen LogP) is 4.46. The lowest BCUT2D eigenvalue weighted by Gasteiger charge is -2.36. The standard InChI is InChI=1S/C22H27ClN2O.ClH/c23-15-22(26)24-16-21(19-9-5-2-6-10-19)20-11-13-25(14-12-20)17-18-7-3-1-4-8-18;/h1-10,20-21H,11-17H2,(H,24,26);1H. The predicted molar refractivity (Wildman–Crippen MR) is 115 cm³/mol. The zero-order chi connectivity index (χ0) is 18.2. The number of benzene rings is 2. The van der Waals surface area contributed by atoms with E-state index >= 15 is 0 Å². The number of likely N-dealkylation sites (tertiary alicyclic amines) is 1. The van der Waals surface area contributed by atoms with Crippen LogP contribution in [0.15, 0.2) is 60.7 Å². The van der Waals surface area contributed by atoms with Crippen LogP contribution in [0.2, 0.25) is 0 Å². The summed E-state index contributed by atoms with van der Waals surface area (Å²) in [6.45, 7) is 3.89. The fourth-order valence-corrected chi connectivity index (χ4v) is 3.98. The number of nitrogens with one attached hydrogen (secondary N) is 1. The van der Waals surface area contributed by atoms with Gasteiger partial charge in [0.25, 0.3) is 0 Å². The molecule has 0 bridgehead atoms. The number of hydrogen-bond acceptors (Lipinski definition) is 2. The van der Waals surface area contributed by atoms with E-state index in [0.717, 1.165) is 32.5 Å². The molecule has 146 valence electrons. The Kier molecular flexibility index (Phi) is 9.12. The van der Waals surface area contributed by atoms with Gasteiger partial charge in [-0.05, 0) is 43.0 Å². The maximum absolute atomic E-state index is 11.6. The molecule has 1 N–H and O–H groups in total. The zero-order valence-corrected chi connectivity index (χ0v) is 17.1. The first-order valence-corrected chi connectivity index (χ1v) is 9.93. The number of hydrogen-bond donors (Lipinski definition) is 1. The topological polar surface area (TPSA) is 32.3 Å². The summed E-state index contributed by atoms with van der Waals surface area (Å²) in [6.07, 6.45) is 2.31. The first-order chi connectivity index (χ1) is 12.8. The van der Waals surface area contributed by atoms with Crippen LogP contribution in [0.5, 0.6) is 0 Å². The Morgan fingerprint density at radius 1 is 1.04 bits per heavy atom. The normalized spacial score (nSPS) is 16.3. The number of halogens is 2. The van der Waals surface area contributed by atoms with E-state index < -0.39 is 0 Å². The number of amides is 1. The average molecular weight is 407 g/mol. The summed E-state index contributed by atoms with van der Waals surface area (Å²) >= 11 is 5.64. The van der Waals surface area contributed by atoms with Gasteiger partial charge in [-0.25, -0.2) is 0 Å². The van der Waals surface area contributed by atoms with Crippen molar-refractivity contribution < 1.29 is 4.79 Å². The lowest BCUT2D eigenvalue weighted by Crippen LogP contribution is -2.38. The third-order valence-electron chi connectivity index (χ3n) is 5.32. The number of piperidine rings is 1. The Morgan fingerprint density at radius 2 is 1.63 bits per heavy atom. The SMILES string of the molecule is Cl.O=C(CCl)NCC(c1ccccc1)C1CCN(Cc2ccccc2)CC1. The lowest BCUT2D eigenvalue weighted by molar-refractivity contribution is -0.118. The second-order valence-electron chi connectivity index (χ2n) is 7.05. The summed E-state index contributed by atoms with van der Waals surface area (Å²) in [4.78, 5) is 14.2. The molecule has 0 aromatic heterocycles. The van der Waals surface area contributed by atoms with Gasteiger partial charge in [0.1, 0.15) is 5.88 Å². The summed E-state index contributed by atoms with van der Waals surface area (Å²) in [6, 6.07) is 21.2. The van der Waals surface area contributed by atoms with Crippen LogP contribution in [0, 0.1) is 5.92 Å². The minimum absolute atomic E-state index is 0. The molecule has 1 heterocycles. The van der Waals surface area contributed by atoms with Crippen LogP contribution in [0.4, 0.5) is 0 Å². The van der Waals surface area contributed by atoms with Crippen LogP contribution in [-0.4, -0.2) is 36.3 Å². The molecule has 1 aliphatic heterocycles. The first-order valence-electron chi connectivity index (χ1n) is 9.40. The van der Waals surface area contributed by atoms with Crippen molar-refractivity contribution in [2.24, 2.45) is 5.92 Å². The molecule has 2 aromatic rings. The van der Waals surface area contributed by atoms with Crippen LogP contribution in [0.1, 0.15) is 29.9 Å². The highest BCUT2D eigenvalue weighted by Gasteiger charge is 2.28. The molecule has 3 nitrogen and oxygen atoms in total. The van der Waals surface area contributed by atoms with Crippen molar-refractivity contribution in [3.63, 3.8) is 0 Å². The molecule has 1 atom stereocenters. The number of carbonyl (C=O) groups is 1. The van der Waals surface area contributed by atoms with Crippen molar-refractivity contribution in [2.75, 3.05) is 25.5 Å². The van der Waals surface area contributed by atoms with Crippen molar-refractivity contribution in [1.29, 1.82) is 0 Å². The van der Waals surface area contributed by atoms with E-state index in [9.17, 15) is 4.79 Å². The van der Waals surface area contributed by atoms with Gasteiger partial charge in [-0.2, -0.15) is 0 Å². The lowest BCUT2D eigenvalue weighted by atomic mass is 9.80. The molecule has 2 aromatic carbocycles. The minimum atomic E-state index is -0.0888. The highest BCUT2D eigenvalue weighted by atomic mass is 35.5. The van der Waals surface area contributed by atoms with Gasteiger partial charge >= 0.3 is 0 Å². The molecule has 1 amide bonds. The van der Waals surface area contributed by atoms with Gasteiger partial charge in [0.05, 0.1) is 0 Å². The zero-order valence-electron chi connectivity index (χ0n) is 15.5. The maximum Gasteiger partial charge on any atom is 0.234 e. The van der Waals surface area contributed by atoms with Gasteiger partial charge in [0.15, 0.2) is 0 Å². The van der Waals surface area contributed by atoms with Crippen molar-refractivity contribution in [2.45, 2.75) is 25.3 Å². The smallest absolute Gasteiger partial charge is 0.234 e. The second kappa shape index (κ2) is 11.3. The van der Waals surface area contributed by atoms with Crippen LogP contribution in [0.3, 0.4) is 0 Å². The molecule has 1 aliphatic rings. The largest absolute Gasteiger partial charge is 0.354 e. The molecular weight excluding hydrogens is 379 g/mol. The van der Waals surface area contributed by atoms with Gasteiger partial charge in [-0.3, -0.25) is 9.69 Å². The Balaban J connectivity index is 0.00000261. The fraction of sp³-hybridized carbons (Fsp3) is 0.409. The number of rotatable bonds is 7. The third kappa shape index (κ3) is 6.53. The van der Waals surface area contributed by atoms with Crippen molar-refractivity contribution in [3.05, 3.63) is 71.8 Å². The van der Waals surface area contributed by atoms with E-state index in [4.69, 9.17) is 11.6 Å². The average Bonchev–Trinajstić information content (AvgIpc) is 2.71. The molecule has 0 radical (unpaired) electrons. The summed E-state index contributed by atoms with van der Waals surface area (Å²) in [5.74, 6) is 0.869. The summed E-state index contributed by atoms with van der Waals surface area (Å²) in [5, 5.41) is 2.99. The Morgan fingerprint density at radius 3 is 2.22 bits per heavy atom. The maximum atomic E-state index is 11.6. The van der Waals surface area contributed by atoms with E-state index in [0.29, 0.717) is 18.4 Å². The molecule has 1 fully saturated rings. The molecule has 0 spiro atoms. The van der Waals surface area contributed by atoms with E-state index in [1.54, 1.807) is 0 Å². The van der Waals surface area contributed by atoms with Crippen LogP contribution in [-0.2, 0) is 11.3 Å². The summed E-state index contributed by atoms with van der Waals surface area (Å²) < 4.78 is 0. The molecule has 0 aliphatic carbocycles. The molecule has 5 heteroatoms. The Labute approximate surface area is 173 Å². The van der Waals surface area contributed by atoms with Crippen molar-refractivity contribution in [3.8, 4) is 0 Å². The van der Waals surface area contributed by atoms with Gasteiger partial charge in [0.2, 0.25) is 5.91 Å². The van der Waals surface area contributed by atoms with Gasteiger partial charge in [-0.1, -0.05) is 60.7 Å². The molecule has 1 saturated heterocycles. The molecule has 0 saturated carbocycles. The molecule has 3 rings (SSSR count). The van der Waals surface area contributed by atoms with Crippen LogP contribution < -0.4 is 5.32 Å². The van der Waals surface area contributed by atoms with Gasteiger partial charge in [0, 0.05) is 19.0 Å². The summed E-state index contributed by atoms with van der Waals surface area (Å²) in [7, 11) is 0. The summed E-state index contributed by atoms with van der Waals surface area (Å²) in [5.41, 5.74) is 2.68. The van der Waals surface area contributed by atoms with Crippen LogP contribution in [0.25, 0.3) is 0 Å². The highest BCUT2D eigenvalue weighted by Crippen LogP contribution is 2.32. The monoisotopic (exact) mass is 406 g/mol. The van der Waals surface area contributed by atoms with Gasteiger partial charge < -0.3 is 5.32 Å². The molecule has 1 unspecified atom stereocenters. The number of nitrogens with zero attached hydrogens (tertiary/aromatic N) is 1. The number of carbonyl (C=O) groups excluding carboxylic acids is 1. The van der Waals surface area contributed by atoms with E-state index in [-0.39, 0.29) is 24.2 Å². The molecular formula is C22H28Cl2N2O.